The second-order valence-corrected chi connectivity index (χ2v) is 4.23. The second kappa shape index (κ2) is 4.19. The van der Waals surface area contributed by atoms with Crippen LogP contribution in [0.1, 0.15) is 24.0 Å². The lowest BCUT2D eigenvalue weighted by Crippen LogP contribution is -2.24. The van der Waals surface area contributed by atoms with E-state index in [1.54, 1.807) is 13.0 Å². The van der Waals surface area contributed by atoms with E-state index in [1.165, 1.54) is 6.07 Å². The van der Waals surface area contributed by atoms with E-state index in [0.29, 0.717) is 23.6 Å². The van der Waals surface area contributed by atoms with Crippen molar-refractivity contribution in [2.24, 2.45) is 0 Å². The van der Waals surface area contributed by atoms with E-state index in [9.17, 15) is 9.50 Å². The van der Waals surface area contributed by atoms with E-state index in [0.717, 1.165) is 19.4 Å². The van der Waals surface area contributed by atoms with Gasteiger partial charge in [-0.05, 0) is 56.0 Å². The first-order chi connectivity index (χ1) is 7.16. The summed E-state index contributed by atoms with van der Waals surface area (Å²) >= 11 is 0. The minimum atomic E-state index is -0.209. The molecule has 0 spiro atoms. The highest BCUT2D eigenvalue weighted by Crippen LogP contribution is 2.23. The van der Waals surface area contributed by atoms with Crippen molar-refractivity contribution in [1.29, 1.82) is 0 Å². The van der Waals surface area contributed by atoms with E-state index in [-0.39, 0.29) is 11.6 Å². The SMILES string of the molecule is Cc1cc(F)c(CC2CCCN2)cc1O. The fraction of sp³-hybridized carbons (Fsp3) is 0.500. The Bertz CT molecular complexity index is 359. The molecule has 15 heavy (non-hydrogen) atoms. The molecule has 2 nitrogen and oxygen atoms in total. The van der Waals surface area contributed by atoms with Crippen LogP contribution in [0.15, 0.2) is 12.1 Å². The monoisotopic (exact) mass is 209 g/mol. The quantitative estimate of drug-likeness (QED) is 0.782. The van der Waals surface area contributed by atoms with Crippen molar-refractivity contribution in [2.75, 3.05) is 6.54 Å². The number of aromatic hydroxyl groups is 1. The molecule has 82 valence electrons. The van der Waals surface area contributed by atoms with Gasteiger partial charge in [0.05, 0.1) is 0 Å². The highest BCUT2D eigenvalue weighted by atomic mass is 19.1. The van der Waals surface area contributed by atoms with Crippen LogP contribution in [0.3, 0.4) is 0 Å². The lowest BCUT2D eigenvalue weighted by Gasteiger charge is -2.11. The minimum absolute atomic E-state index is 0.185. The van der Waals surface area contributed by atoms with E-state index in [2.05, 4.69) is 5.32 Å². The van der Waals surface area contributed by atoms with Crippen LogP contribution >= 0.6 is 0 Å². The van der Waals surface area contributed by atoms with Gasteiger partial charge in [-0.3, -0.25) is 0 Å². The molecular formula is C12H16FNO. The van der Waals surface area contributed by atoms with Gasteiger partial charge in [-0.15, -0.1) is 0 Å². The summed E-state index contributed by atoms with van der Waals surface area (Å²) in [5.74, 6) is -0.0246. The zero-order valence-electron chi connectivity index (χ0n) is 8.89. The van der Waals surface area contributed by atoms with E-state index in [1.807, 2.05) is 0 Å². The fourth-order valence-corrected chi connectivity index (χ4v) is 2.06. The van der Waals surface area contributed by atoms with Gasteiger partial charge in [0.15, 0.2) is 0 Å². The van der Waals surface area contributed by atoms with Crippen molar-refractivity contribution < 1.29 is 9.50 Å². The smallest absolute Gasteiger partial charge is 0.126 e. The molecule has 1 atom stereocenters. The minimum Gasteiger partial charge on any atom is -0.508 e. The summed E-state index contributed by atoms with van der Waals surface area (Å²) in [7, 11) is 0. The van der Waals surface area contributed by atoms with Crippen molar-refractivity contribution in [2.45, 2.75) is 32.2 Å². The van der Waals surface area contributed by atoms with Crippen LogP contribution in [0.25, 0.3) is 0 Å². The van der Waals surface area contributed by atoms with Gasteiger partial charge in [0.2, 0.25) is 0 Å². The molecule has 1 aromatic carbocycles. The van der Waals surface area contributed by atoms with E-state index in [4.69, 9.17) is 0 Å². The molecule has 1 fully saturated rings. The molecule has 3 heteroatoms. The third-order valence-corrected chi connectivity index (χ3v) is 2.99. The zero-order chi connectivity index (χ0) is 10.8. The number of halogens is 1. The Labute approximate surface area is 89.1 Å². The molecule has 2 rings (SSSR count). The summed E-state index contributed by atoms with van der Waals surface area (Å²) < 4.78 is 13.5. The van der Waals surface area contributed by atoms with Gasteiger partial charge in [-0.25, -0.2) is 4.39 Å². The molecule has 1 saturated heterocycles. The molecule has 0 saturated carbocycles. The molecular weight excluding hydrogens is 193 g/mol. The number of nitrogens with one attached hydrogen (secondary N) is 1. The van der Waals surface area contributed by atoms with Crippen LogP contribution in [-0.2, 0) is 6.42 Å². The van der Waals surface area contributed by atoms with Gasteiger partial charge in [0.1, 0.15) is 11.6 Å². The van der Waals surface area contributed by atoms with Gasteiger partial charge < -0.3 is 10.4 Å². The summed E-state index contributed by atoms with van der Waals surface area (Å²) in [6.07, 6.45) is 2.91. The Balaban J connectivity index is 2.16. The summed E-state index contributed by atoms with van der Waals surface area (Å²) in [5, 5.41) is 12.8. The first-order valence-electron chi connectivity index (χ1n) is 5.38. The Hall–Kier alpha value is -1.09. The molecule has 0 radical (unpaired) electrons. The van der Waals surface area contributed by atoms with E-state index >= 15 is 0 Å². The first-order valence-corrected chi connectivity index (χ1v) is 5.38. The molecule has 1 aliphatic rings. The molecule has 1 unspecified atom stereocenters. The average molecular weight is 209 g/mol. The maximum absolute atomic E-state index is 13.5. The largest absolute Gasteiger partial charge is 0.508 e. The van der Waals surface area contributed by atoms with Gasteiger partial charge in [-0.1, -0.05) is 0 Å². The van der Waals surface area contributed by atoms with Gasteiger partial charge in [0.25, 0.3) is 0 Å². The first kappa shape index (κ1) is 10.4. The van der Waals surface area contributed by atoms with Crippen molar-refractivity contribution >= 4 is 0 Å². The average Bonchev–Trinajstić information content (AvgIpc) is 2.67. The molecule has 0 amide bonds. The van der Waals surface area contributed by atoms with Gasteiger partial charge in [0, 0.05) is 6.04 Å². The maximum Gasteiger partial charge on any atom is 0.126 e. The summed E-state index contributed by atoms with van der Waals surface area (Å²) in [6, 6.07) is 3.31. The Kier molecular flexibility index (Phi) is 2.91. The predicted molar refractivity (Wildman–Crippen MR) is 57.5 cm³/mol. The third-order valence-electron chi connectivity index (χ3n) is 2.99. The van der Waals surface area contributed by atoms with Crippen LogP contribution in [-0.4, -0.2) is 17.7 Å². The topological polar surface area (TPSA) is 32.3 Å². The fourth-order valence-electron chi connectivity index (χ4n) is 2.06. The van der Waals surface area contributed by atoms with Gasteiger partial charge >= 0.3 is 0 Å². The second-order valence-electron chi connectivity index (χ2n) is 4.23. The van der Waals surface area contributed by atoms with Crippen molar-refractivity contribution in [3.63, 3.8) is 0 Å². The molecule has 1 heterocycles. The Morgan fingerprint density at radius 3 is 3.00 bits per heavy atom. The van der Waals surface area contributed by atoms with Gasteiger partial charge in [-0.2, -0.15) is 0 Å². The normalized spacial score (nSPS) is 20.8. The molecule has 0 bridgehead atoms. The summed E-state index contributed by atoms with van der Waals surface area (Å²) in [4.78, 5) is 0. The number of benzene rings is 1. The Morgan fingerprint density at radius 2 is 2.33 bits per heavy atom. The summed E-state index contributed by atoms with van der Waals surface area (Å²) in [6.45, 7) is 2.72. The lowest BCUT2D eigenvalue weighted by atomic mass is 10.0. The number of phenols is 1. The molecule has 1 aliphatic heterocycles. The lowest BCUT2D eigenvalue weighted by molar-refractivity contribution is 0.465. The van der Waals surface area contributed by atoms with Crippen LogP contribution in [0, 0.1) is 12.7 Å². The van der Waals surface area contributed by atoms with Crippen LogP contribution in [0.4, 0.5) is 4.39 Å². The van der Waals surface area contributed by atoms with Crippen molar-refractivity contribution in [3.05, 3.63) is 29.1 Å². The van der Waals surface area contributed by atoms with Crippen LogP contribution in [0.2, 0.25) is 0 Å². The van der Waals surface area contributed by atoms with Crippen LogP contribution in [0.5, 0.6) is 5.75 Å². The number of rotatable bonds is 2. The van der Waals surface area contributed by atoms with Crippen LogP contribution < -0.4 is 5.32 Å². The zero-order valence-corrected chi connectivity index (χ0v) is 8.89. The molecule has 1 aromatic rings. The number of aryl methyl sites for hydroxylation is 1. The van der Waals surface area contributed by atoms with E-state index < -0.39 is 0 Å². The standard InChI is InChI=1S/C12H16FNO/c1-8-5-11(13)9(7-12(8)15)6-10-3-2-4-14-10/h5,7,10,14-15H,2-4,6H2,1H3. The third kappa shape index (κ3) is 2.29. The molecule has 2 N–H and O–H groups in total. The number of phenolic OH excluding ortho intramolecular Hbond substituents is 1. The number of hydrogen-bond donors (Lipinski definition) is 2. The Morgan fingerprint density at radius 1 is 1.53 bits per heavy atom. The molecule has 0 aliphatic carbocycles. The predicted octanol–water partition coefficient (Wildman–Crippen LogP) is 2.13. The maximum atomic E-state index is 13.5. The summed E-state index contributed by atoms with van der Waals surface area (Å²) in [5.41, 5.74) is 1.20. The molecule has 0 aromatic heterocycles. The van der Waals surface area contributed by atoms with Crippen molar-refractivity contribution in [1.82, 2.24) is 5.32 Å². The highest BCUT2D eigenvalue weighted by Gasteiger charge is 2.17. The van der Waals surface area contributed by atoms with Crippen molar-refractivity contribution in [3.8, 4) is 5.75 Å². The number of hydrogen-bond acceptors (Lipinski definition) is 2. The highest BCUT2D eigenvalue weighted by molar-refractivity contribution is 5.36.